The van der Waals surface area contributed by atoms with Gasteiger partial charge >= 0.3 is 5.97 Å². The number of benzene rings is 2. The van der Waals surface area contributed by atoms with Gasteiger partial charge in [-0.25, -0.2) is 4.79 Å². The van der Waals surface area contributed by atoms with Gasteiger partial charge < -0.3 is 10.1 Å². The Morgan fingerprint density at radius 1 is 1.26 bits per heavy atom. The predicted molar refractivity (Wildman–Crippen MR) is 97.7 cm³/mol. The molecule has 27 heavy (non-hydrogen) atoms. The highest BCUT2D eigenvalue weighted by Crippen LogP contribution is 2.17. The van der Waals surface area contributed by atoms with Gasteiger partial charge in [0.2, 0.25) is 0 Å². The summed E-state index contributed by atoms with van der Waals surface area (Å²) in [6, 6.07) is 13.4. The van der Waals surface area contributed by atoms with E-state index in [2.05, 4.69) is 5.32 Å². The summed E-state index contributed by atoms with van der Waals surface area (Å²) < 4.78 is 4.87. The molecule has 1 N–H and O–H groups in total. The molecule has 0 radical (unpaired) electrons. The summed E-state index contributed by atoms with van der Waals surface area (Å²) in [7, 11) is 0. The molecule has 0 heterocycles. The molecule has 0 atom stereocenters. The Hall–Kier alpha value is -3.99. The first kappa shape index (κ1) is 19.3. The zero-order valence-electron chi connectivity index (χ0n) is 14.3. The first-order valence-corrected chi connectivity index (χ1v) is 7.89. The van der Waals surface area contributed by atoms with Gasteiger partial charge in [0.25, 0.3) is 11.6 Å². The lowest BCUT2D eigenvalue weighted by atomic mass is 10.1. The van der Waals surface area contributed by atoms with E-state index in [-0.39, 0.29) is 17.9 Å². The zero-order chi connectivity index (χ0) is 19.8. The van der Waals surface area contributed by atoms with Crippen molar-refractivity contribution < 1.29 is 19.2 Å². The van der Waals surface area contributed by atoms with Crippen molar-refractivity contribution in [2.24, 2.45) is 0 Å². The molecule has 0 aliphatic carbocycles. The standard InChI is InChI=1S/C19H15N3O5/c1-2-27-19(24)14-6-8-16(9-7-14)21-18(23)15(12-20)10-13-4-3-5-17(11-13)22(25)26/h3-11H,2H2,1H3,(H,21,23)/b15-10+. The molecule has 0 spiro atoms. The highest BCUT2D eigenvalue weighted by molar-refractivity contribution is 6.09. The summed E-state index contributed by atoms with van der Waals surface area (Å²) >= 11 is 0. The van der Waals surface area contributed by atoms with Crippen LogP contribution >= 0.6 is 0 Å². The van der Waals surface area contributed by atoms with Crippen LogP contribution in [0.2, 0.25) is 0 Å². The lowest BCUT2D eigenvalue weighted by molar-refractivity contribution is -0.384. The second kappa shape index (κ2) is 8.92. The van der Waals surface area contributed by atoms with Crippen molar-refractivity contribution >= 4 is 29.3 Å². The van der Waals surface area contributed by atoms with E-state index in [1.165, 1.54) is 48.5 Å². The molecular formula is C19H15N3O5. The number of nitrogens with one attached hydrogen (secondary N) is 1. The van der Waals surface area contributed by atoms with Crippen LogP contribution in [0, 0.1) is 21.4 Å². The SMILES string of the molecule is CCOC(=O)c1ccc(NC(=O)/C(C#N)=C/c2cccc([N+](=O)[O-])c2)cc1. The fourth-order valence-electron chi connectivity index (χ4n) is 2.15. The maximum absolute atomic E-state index is 12.3. The maximum atomic E-state index is 12.3. The number of carbonyl (C=O) groups is 2. The fraction of sp³-hybridized carbons (Fsp3) is 0.105. The number of nitro groups is 1. The second-order valence-corrected chi connectivity index (χ2v) is 5.27. The number of rotatable bonds is 6. The van der Waals surface area contributed by atoms with E-state index >= 15 is 0 Å². The first-order valence-electron chi connectivity index (χ1n) is 7.89. The van der Waals surface area contributed by atoms with Crippen LogP contribution in [0.1, 0.15) is 22.8 Å². The van der Waals surface area contributed by atoms with Crippen LogP contribution in [0.3, 0.4) is 0 Å². The van der Waals surface area contributed by atoms with Gasteiger partial charge in [0.05, 0.1) is 17.1 Å². The molecular weight excluding hydrogens is 350 g/mol. The number of esters is 1. The van der Waals surface area contributed by atoms with E-state index < -0.39 is 16.8 Å². The third-order valence-electron chi connectivity index (χ3n) is 3.41. The van der Waals surface area contributed by atoms with Crippen LogP contribution in [0.15, 0.2) is 54.1 Å². The maximum Gasteiger partial charge on any atom is 0.338 e. The first-order chi connectivity index (χ1) is 12.9. The molecule has 2 aromatic carbocycles. The van der Waals surface area contributed by atoms with Gasteiger partial charge in [0.15, 0.2) is 0 Å². The van der Waals surface area contributed by atoms with Crippen molar-refractivity contribution in [3.8, 4) is 6.07 Å². The van der Waals surface area contributed by atoms with Crippen molar-refractivity contribution in [1.82, 2.24) is 0 Å². The Labute approximate surface area is 154 Å². The molecule has 2 aromatic rings. The number of hydrogen-bond donors (Lipinski definition) is 1. The van der Waals surface area contributed by atoms with Gasteiger partial charge in [-0.3, -0.25) is 14.9 Å². The minimum Gasteiger partial charge on any atom is -0.462 e. The van der Waals surface area contributed by atoms with E-state index in [9.17, 15) is 25.0 Å². The Bertz CT molecular complexity index is 943. The number of amides is 1. The summed E-state index contributed by atoms with van der Waals surface area (Å²) in [6.07, 6.45) is 1.26. The molecule has 0 saturated carbocycles. The predicted octanol–water partition coefficient (Wildman–Crippen LogP) is 3.32. The second-order valence-electron chi connectivity index (χ2n) is 5.27. The van der Waals surface area contributed by atoms with Gasteiger partial charge in [-0.2, -0.15) is 5.26 Å². The van der Waals surface area contributed by atoms with Crippen LogP contribution in [-0.2, 0) is 9.53 Å². The summed E-state index contributed by atoms with van der Waals surface area (Å²) in [5.74, 6) is -1.15. The van der Waals surface area contributed by atoms with E-state index in [1.54, 1.807) is 19.1 Å². The van der Waals surface area contributed by atoms with Crippen LogP contribution in [0.4, 0.5) is 11.4 Å². The quantitative estimate of drug-likeness (QED) is 0.275. The average Bonchev–Trinajstić information content (AvgIpc) is 2.67. The lowest BCUT2D eigenvalue weighted by Gasteiger charge is -2.06. The van der Waals surface area contributed by atoms with Crippen molar-refractivity contribution in [2.45, 2.75) is 6.92 Å². The topological polar surface area (TPSA) is 122 Å². The minimum atomic E-state index is -0.673. The summed E-state index contributed by atoms with van der Waals surface area (Å²) in [5, 5.41) is 22.6. The van der Waals surface area contributed by atoms with E-state index in [0.29, 0.717) is 16.8 Å². The Kier molecular flexibility index (Phi) is 6.39. The fourth-order valence-corrected chi connectivity index (χ4v) is 2.15. The molecule has 0 fully saturated rings. The number of nitrogens with zero attached hydrogens (tertiary/aromatic N) is 2. The number of nitro benzene ring substituents is 1. The molecule has 8 nitrogen and oxygen atoms in total. The van der Waals surface area contributed by atoms with E-state index in [0.717, 1.165) is 0 Å². The number of nitriles is 1. The number of non-ortho nitro benzene ring substituents is 1. The molecule has 0 aliphatic heterocycles. The molecule has 0 saturated heterocycles. The number of ether oxygens (including phenoxy) is 1. The van der Waals surface area contributed by atoms with Crippen LogP contribution < -0.4 is 5.32 Å². The normalized spacial score (nSPS) is 10.6. The van der Waals surface area contributed by atoms with Gasteiger partial charge in [0, 0.05) is 17.8 Å². The van der Waals surface area contributed by atoms with Gasteiger partial charge in [-0.05, 0) is 42.8 Å². The van der Waals surface area contributed by atoms with Crippen molar-refractivity contribution in [1.29, 1.82) is 5.26 Å². The van der Waals surface area contributed by atoms with Crippen molar-refractivity contribution in [2.75, 3.05) is 11.9 Å². The van der Waals surface area contributed by atoms with Crippen LogP contribution in [0.25, 0.3) is 6.08 Å². The molecule has 136 valence electrons. The van der Waals surface area contributed by atoms with Gasteiger partial charge in [-0.15, -0.1) is 0 Å². The molecule has 8 heteroatoms. The number of anilines is 1. The third kappa shape index (κ3) is 5.24. The molecule has 0 bridgehead atoms. The third-order valence-corrected chi connectivity index (χ3v) is 3.41. The number of hydrogen-bond acceptors (Lipinski definition) is 6. The highest BCUT2D eigenvalue weighted by atomic mass is 16.6. The van der Waals surface area contributed by atoms with Crippen molar-refractivity contribution in [3.05, 3.63) is 75.3 Å². The molecule has 0 aromatic heterocycles. The van der Waals surface area contributed by atoms with Crippen LogP contribution in [0.5, 0.6) is 0 Å². The van der Waals surface area contributed by atoms with E-state index in [1.807, 2.05) is 0 Å². The lowest BCUT2D eigenvalue weighted by Crippen LogP contribution is -2.13. The molecule has 0 aliphatic rings. The zero-order valence-corrected chi connectivity index (χ0v) is 14.3. The van der Waals surface area contributed by atoms with Crippen molar-refractivity contribution in [3.63, 3.8) is 0 Å². The summed E-state index contributed by atoms with van der Waals surface area (Å²) in [6.45, 7) is 1.95. The Balaban J connectivity index is 2.15. The molecule has 1 amide bonds. The van der Waals surface area contributed by atoms with E-state index in [4.69, 9.17) is 4.74 Å². The van der Waals surface area contributed by atoms with Gasteiger partial charge in [-0.1, -0.05) is 12.1 Å². The summed E-state index contributed by atoms with van der Waals surface area (Å²) in [5.41, 5.74) is 0.713. The minimum absolute atomic E-state index is 0.143. The Morgan fingerprint density at radius 2 is 1.96 bits per heavy atom. The van der Waals surface area contributed by atoms with Crippen LogP contribution in [-0.4, -0.2) is 23.4 Å². The monoisotopic (exact) mass is 365 g/mol. The smallest absolute Gasteiger partial charge is 0.338 e. The molecule has 0 unspecified atom stereocenters. The summed E-state index contributed by atoms with van der Waals surface area (Å²) in [4.78, 5) is 34.1. The number of carbonyl (C=O) groups excluding carboxylic acids is 2. The average molecular weight is 365 g/mol. The Morgan fingerprint density at radius 3 is 2.56 bits per heavy atom. The molecule has 2 rings (SSSR count). The van der Waals surface area contributed by atoms with Gasteiger partial charge in [0.1, 0.15) is 11.6 Å². The highest BCUT2D eigenvalue weighted by Gasteiger charge is 2.12. The largest absolute Gasteiger partial charge is 0.462 e.